The second-order valence-electron chi connectivity index (χ2n) is 6.01. The van der Waals surface area contributed by atoms with Gasteiger partial charge in [-0.1, -0.05) is 24.9 Å². The van der Waals surface area contributed by atoms with Crippen LogP contribution in [-0.4, -0.2) is 24.3 Å². The van der Waals surface area contributed by atoms with E-state index in [1.165, 1.54) is 6.92 Å². The first-order chi connectivity index (χ1) is 11.8. The Morgan fingerprint density at radius 2 is 1.76 bits per heavy atom. The van der Waals surface area contributed by atoms with E-state index in [0.29, 0.717) is 23.4 Å². The van der Waals surface area contributed by atoms with E-state index in [4.69, 9.17) is 22.2 Å². The van der Waals surface area contributed by atoms with Crippen molar-refractivity contribution in [3.8, 4) is 0 Å². The van der Waals surface area contributed by atoms with Gasteiger partial charge < -0.3 is 9.57 Å². The lowest BCUT2D eigenvalue weighted by Gasteiger charge is -2.23. The number of nitrogens with two attached hydrogens (primary N) is 1. The fourth-order valence-electron chi connectivity index (χ4n) is 2.27. The third-order valence-electron chi connectivity index (χ3n) is 3.99. The van der Waals surface area contributed by atoms with Gasteiger partial charge in [-0.2, -0.15) is 5.90 Å². The van der Waals surface area contributed by atoms with Crippen molar-refractivity contribution in [2.75, 3.05) is 6.61 Å². The Kier molecular flexibility index (Phi) is 8.58. The molecular formula is C18H24ClNO5. The minimum absolute atomic E-state index is 0.0977. The fraction of sp³-hybridized carbons (Fsp3) is 0.500. The summed E-state index contributed by atoms with van der Waals surface area (Å²) in [5.74, 6) is 3.30. The average Bonchev–Trinajstić information content (AvgIpc) is 2.61. The lowest BCUT2D eigenvalue weighted by atomic mass is 9.84. The van der Waals surface area contributed by atoms with Crippen LogP contribution in [0.15, 0.2) is 24.3 Å². The summed E-state index contributed by atoms with van der Waals surface area (Å²) in [5.41, 5.74) is -0.999. The Bertz CT molecular complexity index is 602. The van der Waals surface area contributed by atoms with Gasteiger partial charge in [-0.3, -0.25) is 9.59 Å². The van der Waals surface area contributed by atoms with Gasteiger partial charge in [0, 0.05) is 17.0 Å². The molecule has 0 aliphatic rings. The van der Waals surface area contributed by atoms with Crippen LogP contribution in [0.4, 0.5) is 0 Å². The van der Waals surface area contributed by atoms with Gasteiger partial charge in [0.25, 0.3) is 0 Å². The predicted octanol–water partition coefficient (Wildman–Crippen LogP) is 3.46. The lowest BCUT2D eigenvalue weighted by Crippen LogP contribution is -2.40. The first kappa shape index (κ1) is 21.1. The maximum Gasteiger partial charge on any atom is 0.341 e. The van der Waals surface area contributed by atoms with Gasteiger partial charge in [0.05, 0.1) is 6.61 Å². The fourth-order valence-corrected chi connectivity index (χ4v) is 2.39. The summed E-state index contributed by atoms with van der Waals surface area (Å²) in [5, 5.41) is 0.546. The molecule has 0 saturated heterocycles. The van der Waals surface area contributed by atoms with Crippen LogP contribution in [-0.2, 0) is 19.2 Å². The van der Waals surface area contributed by atoms with E-state index in [1.54, 1.807) is 24.3 Å². The van der Waals surface area contributed by atoms with Crippen LogP contribution in [0.3, 0.4) is 0 Å². The predicted molar refractivity (Wildman–Crippen MR) is 93.9 cm³/mol. The summed E-state index contributed by atoms with van der Waals surface area (Å²) < 4.78 is 5.13. The van der Waals surface area contributed by atoms with Crippen molar-refractivity contribution in [3.05, 3.63) is 34.9 Å². The summed E-state index contributed by atoms with van der Waals surface area (Å²) in [4.78, 5) is 40.6. The zero-order chi connectivity index (χ0) is 18.9. The first-order valence-corrected chi connectivity index (χ1v) is 8.60. The van der Waals surface area contributed by atoms with E-state index >= 15 is 0 Å². The van der Waals surface area contributed by atoms with Crippen molar-refractivity contribution in [2.45, 2.75) is 46.0 Å². The van der Waals surface area contributed by atoms with Gasteiger partial charge in [0.1, 0.15) is 0 Å². The summed E-state index contributed by atoms with van der Waals surface area (Å²) >= 11 is 5.79. The summed E-state index contributed by atoms with van der Waals surface area (Å²) in [6.07, 6.45) is 2.16. The maximum atomic E-state index is 12.2. The first-order valence-electron chi connectivity index (χ1n) is 8.22. The SMILES string of the molecule is CCCCOC(=O)C(C)(CCCC(=O)c1ccc(Cl)cc1)C(=O)ON. The highest BCUT2D eigenvalue weighted by molar-refractivity contribution is 6.30. The zero-order valence-corrected chi connectivity index (χ0v) is 15.3. The van der Waals surface area contributed by atoms with Crippen LogP contribution in [0, 0.1) is 5.41 Å². The van der Waals surface area contributed by atoms with Crippen LogP contribution >= 0.6 is 11.6 Å². The summed E-state index contributed by atoms with van der Waals surface area (Å²) in [6, 6.07) is 6.54. The van der Waals surface area contributed by atoms with Gasteiger partial charge in [0.2, 0.25) is 0 Å². The third-order valence-corrected chi connectivity index (χ3v) is 4.24. The summed E-state index contributed by atoms with van der Waals surface area (Å²) in [7, 11) is 0. The second kappa shape index (κ2) is 10.2. The zero-order valence-electron chi connectivity index (χ0n) is 14.5. The number of unbranched alkanes of at least 4 members (excludes halogenated alkanes) is 1. The highest BCUT2D eigenvalue weighted by atomic mass is 35.5. The molecule has 1 rings (SSSR count). The topological polar surface area (TPSA) is 95.7 Å². The van der Waals surface area contributed by atoms with Crippen LogP contribution < -0.4 is 5.90 Å². The standard InChI is InChI=1S/C18H24ClNO5/c1-3-4-12-24-16(22)18(2,17(23)25-20)11-5-6-15(21)13-7-9-14(19)10-8-13/h7-10H,3-6,11-12,20H2,1-2H3. The molecule has 2 N–H and O–H groups in total. The molecule has 0 saturated carbocycles. The number of halogens is 1. The van der Waals surface area contributed by atoms with Gasteiger partial charge in [-0.05, 0) is 50.5 Å². The summed E-state index contributed by atoms with van der Waals surface area (Å²) in [6.45, 7) is 3.61. The van der Waals surface area contributed by atoms with Crippen LogP contribution in [0.1, 0.15) is 56.3 Å². The highest BCUT2D eigenvalue weighted by Crippen LogP contribution is 2.28. The number of benzene rings is 1. The third kappa shape index (κ3) is 6.14. The normalized spacial score (nSPS) is 13.0. The van der Waals surface area contributed by atoms with E-state index < -0.39 is 17.4 Å². The van der Waals surface area contributed by atoms with Crippen molar-refractivity contribution >= 4 is 29.3 Å². The number of Topliss-reactive ketones (excluding diaryl/α,β-unsaturated/α-hetero) is 1. The molecular weight excluding hydrogens is 346 g/mol. The molecule has 1 aromatic rings. The molecule has 0 bridgehead atoms. The molecule has 25 heavy (non-hydrogen) atoms. The van der Waals surface area contributed by atoms with E-state index in [2.05, 4.69) is 4.84 Å². The van der Waals surface area contributed by atoms with E-state index in [-0.39, 0.29) is 25.2 Å². The van der Waals surface area contributed by atoms with E-state index in [1.807, 2.05) is 6.92 Å². The molecule has 0 amide bonds. The number of rotatable bonds is 10. The second-order valence-corrected chi connectivity index (χ2v) is 6.45. The van der Waals surface area contributed by atoms with Crippen LogP contribution in [0.25, 0.3) is 0 Å². The van der Waals surface area contributed by atoms with E-state index in [0.717, 1.165) is 6.42 Å². The van der Waals surface area contributed by atoms with Crippen molar-refractivity contribution in [1.29, 1.82) is 0 Å². The molecule has 7 heteroatoms. The number of ketones is 1. The van der Waals surface area contributed by atoms with Gasteiger partial charge in [-0.25, -0.2) is 4.79 Å². The number of carbonyl (C=O) groups is 3. The molecule has 0 spiro atoms. The Labute approximate surface area is 152 Å². The Morgan fingerprint density at radius 3 is 2.32 bits per heavy atom. The van der Waals surface area contributed by atoms with Crippen molar-refractivity contribution < 1.29 is 24.0 Å². The lowest BCUT2D eigenvalue weighted by molar-refractivity contribution is -0.172. The van der Waals surface area contributed by atoms with Gasteiger partial charge in [-0.15, -0.1) is 0 Å². The number of esters is 1. The van der Waals surface area contributed by atoms with Gasteiger partial charge in [0.15, 0.2) is 11.2 Å². The molecule has 1 atom stereocenters. The molecule has 0 radical (unpaired) electrons. The van der Waals surface area contributed by atoms with E-state index in [9.17, 15) is 14.4 Å². The molecule has 0 aromatic heterocycles. The van der Waals surface area contributed by atoms with Crippen molar-refractivity contribution in [2.24, 2.45) is 11.3 Å². The quantitative estimate of drug-likeness (QED) is 0.223. The average molecular weight is 370 g/mol. The number of ether oxygens (including phenoxy) is 1. The Hall–Kier alpha value is -1.92. The highest BCUT2D eigenvalue weighted by Gasteiger charge is 2.44. The minimum atomic E-state index is -1.53. The number of hydrogen-bond acceptors (Lipinski definition) is 6. The van der Waals surface area contributed by atoms with Gasteiger partial charge >= 0.3 is 11.9 Å². The molecule has 6 nitrogen and oxygen atoms in total. The monoisotopic (exact) mass is 369 g/mol. The molecule has 0 fully saturated rings. The van der Waals surface area contributed by atoms with Crippen molar-refractivity contribution in [3.63, 3.8) is 0 Å². The smallest absolute Gasteiger partial charge is 0.341 e. The number of hydrogen-bond donors (Lipinski definition) is 1. The molecule has 0 aliphatic heterocycles. The van der Waals surface area contributed by atoms with Crippen LogP contribution in [0.5, 0.6) is 0 Å². The molecule has 138 valence electrons. The Balaban J connectivity index is 2.66. The molecule has 1 aromatic carbocycles. The minimum Gasteiger partial charge on any atom is -0.465 e. The molecule has 0 heterocycles. The Morgan fingerprint density at radius 1 is 1.12 bits per heavy atom. The van der Waals surface area contributed by atoms with Crippen LogP contribution in [0.2, 0.25) is 5.02 Å². The number of carbonyl (C=O) groups excluding carboxylic acids is 3. The maximum absolute atomic E-state index is 12.2. The largest absolute Gasteiger partial charge is 0.465 e. The molecule has 0 aliphatic carbocycles. The molecule has 1 unspecified atom stereocenters. The van der Waals surface area contributed by atoms with Crippen molar-refractivity contribution in [1.82, 2.24) is 0 Å².